The van der Waals surface area contributed by atoms with Crippen molar-refractivity contribution < 1.29 is 9.47 Å². The predicted molar refractivity (Wildman–Crippen MR) is 120 cm³/mol. The SMILES string of the molecule is CCCc1ccc(-c2cc3ccc(OCC4CN5CC=CN=C5O4)cc3s2)cc1. The van der Waals surface area contributed by atoms with Crippen LogP contribution in [0.4, 0.5) is 0 Å². The van der Waals surface area contributed by atoms with Crippen molar-refractivity contribution in [3.8, 4) is 16.2 Å². The van der Waals surface area contributed by atoms with Gasteiger partial charge in [-0.25, -0.2) is 4.99 Å². The molecule has 0 bridgehead atoms. The van der Waals surface area contributed by atoms with Crippen molar-refractivity contribution in [1.29, 1.82) is 0 Å². The first-order valence-electron chi connectivity index (χ1n) is 10.2. The number of aliphatic imine (C=N–C) groups is 1. The largest absolute Gasteiger partial charge is 0.490 e. The van der Waals surface area contributed by atoms with E-state index in [4.69, 9.17) is 9.47 Å². The van der Waals surface area contributed by atoms with Crippen molar-refractivity contribution in [3.05, 3.63) is 66.4 Å². The maximum absolute atomic E-state index is 6.04. The second-order valence-electron chi connectivity index (χ2n) is 7.51. The zero-order valence-corrected chi connectivity index (χ0v) is 17.3. The summed E-state index contributed by atoms with van der Waals surface area (Å²) >= 11 is 1.81. The first-order valence-corrected chi connectivity index (χ1v) is 11.0. The van der Waals surface area contributed by atoms with Gasteiger partial charge < -0.3 is 14.4 Å². The first kappa shape index (κ1) is 18.3. The molecule has 0 amide bonds. The van der Waals surface area contributed by atoms with Crippen molar-refractivity contribution in [2.75, 3.05) is 19.7 Å². The lowest BCUT2D eigenvalue weighted by Crippen LogP contribution is -2.28. The van der Waals surface area contributed by atoms with Gasteiger partial charge >= 0.3 is 0 Å². The van der Waals surface area contributed by atoms with E-state index in [1.165, 1.54) is 32.5 Å². The molecule has 5 heteroatoms. The molecule has 3 heterocycles. The van der Waals surface area contributed by atoms with Crippen molar-refractivity contribution in [2.24, 2.45) is 4.99 Å². The number of ether oxygens (including phenoxy) is 2. The molecule has 1 atom stereocenters. The summed E-state index contributed by atoms with van der Waals surface area (Å²) in [5.74, 6) is 0.887. The lowest BCUT2D eigenvalue weighted by atomic mass is 10.1. The quantitative estimate of drug-likeness (QED) is 0.545. The Morgan fingerprint density at radius 1 is 1.17 bits per heavy atom. The van der Waals surface area contributed by atoms with Crippen LogP contribution in [-0.2, 0) is 11.2 Å². The summed E-state index contributed by atoms with van der Waals surface area (Å²) in [7, 11) is 0. The molecule has 1 unspecified atom stereocenters. The van der Waals surface area contributed by atoms with Crippen molar-refractivity contribution in [1.82, 2.24) is 4.90 Å². The number of nitrogens with zero attached hydrogens (tertiary/aromatic N) is 2. The average Bonchev–Trinajstić information content (AvgIpc) is 3.36. The number of rotatable bonds is 6. The molecule has 0 saturated carbocycles. The van der Waals surface area contributed by atoms with Crippen molar-refractivity contribution >= 4 is 27.4 Å². The summed E-state index contributed by atoms with van der Waals surface area (Å²) in [6.07, 6.45) is 6.18. The van der Waals surface area contributed by atoms with Crippen LogP contribution < -0.4 is 4.74 Å². The summed E-state index contributed by atoms with van der Waals surface area (Å²) in [6, 6.07) is 18.3. The Bertz CT molecular complexity index is 1070. The summed E-state index contributed by atoms with van der Waals surface area (Å²) in [6.45, 7) is 4.42. The summed E-state index contributed by atoms with van der Waals surface area (Å²) in [4.78, 5) is 7.70. The Labute approximate surface area is 175 Å². The van der Waals surface area contributed by atoms with E-state index in [1.54, 1.807) is 6.20 Å². The van der Waals surface area contributed by atoms with Crippen LogP contribution in [-0.4, -0.2) is 36.7 Å². The fourth-order valence-corrected chi connectivity index (χ4v) is 4.88. The number of amidine groups is 1. The first-order chi connectivity index (χ1) is 14.3. The zero-order valence-electron chi connectivity index (χ0n) is 16.5. The molecule has 4 nitrogen and oxygen atoms in total. The molecule has 0 aliphatic carbocycles. The standard InChI is InChI=1S/C24H24N2O2S/c1-2-4-17-5-7-18(8-6-17)22-13-19-9-10-20(14-23(19)29-22)27-16-21-15-26-12-3-11-25-24(26)28-21/h3,5-11,13-14,21H,2,4,12,15-16H2,1H3. The van der Waals surface area contributed by atoms with E-state index in [0.717, 1.165) is 25.3 Å². The van der Waals surface area contributed by atoms with Gasteiger partial charge in [0.1, 0.15) is 12.4 Å². The molecule has 0 spiro atoms. The van der Waals surface area contributed by atoms with Gasteiger partial charge in [-0.05, 0) is 53.3 Å². The Balaban J connectivity index is 1.27. The molecule has 2 aliphatic heterocycles. The molecule has 29 heavy (non-hydrogen) atoms. The highest BCUT2D eigenvalue weighted by atomic mass is 32.1. The summed E-state index contributed by atoms with van der Waals surface area (Å²) in [5.41, 5.74) is 2.68. The second kappa shape index (κ2) is 7.91. The molecular weight excluding hydrogens is 380 g/mol. The topological polar surface area (TPSA) is 34.1 Å². The molecule has 0 radical (unpaired) electrons. The van der Waals surface area contributed by atoms with Crippen molar-refractivity contribution in [2.45, 2.75) is 25.9 Å². The van der Waals surface area contributed by atoms with E-state index >= 15 is 0 Å². The summed E-state index contributed by atoms with van der Waals surface area (Å²) in [5, 5.41) is 1.25. The van der Waals surface area contributed by atoms with Gasteiger partial charge in [0.15, 0.2) is 6.10 Å². The van der Waals surface area contributed by atoms with Crippen LogP contribution in [0.2, 0.25) is 0 Å². The Morgan fingerprint density at radius 3 is 2.90 bits per heavy atom. The van der Waals surface area contributed by atoms with Gasteiger partial charge in [-0.3, -0.25) is 0 Å². The molecule has 2 aliphatic rings. The molecular formula is C24H24N2O2S. The van der Waals surface area contributed by atoms with E-state index in [2.05, 4.69) is 59.3 Å². The van der Waals surface area contributed by atoms with E-state index in [-0.39, 0.29) is 6.10 Å². The minimum Gasteiger partial charge on any atom is -0.490 e. The second-order valence-corrected chi connectivity index (χ2v) is 8.59. The normalized spacial score (nSPS) is 17.9. The minimum atomic E-state index is 0.0184. The summed E-state index contributed by atoms with van der Waals surface area (Å²) < 4.78 is 13.2. The van der Waals surface area contributed by atoms with Crippen LogP contribution in [0.5, 0.6) is 5.75 Å². The van der Waals surface area contributed by atoms with Gasteiger partial charge in [-0.15, -0.1) is 11.3 Å². The van der Waals surface area contributed by atoms with E-state index in [9.17, 15) is 0 Å². The molecule has 2 aromatic carbocycles. The number of thiophene rings is 1. The number of hydrogen-bond acceptors (Lipinski definition) is 5. The van der Waals surface area contributed by atoms with E-state index < -0.39 is 0 Å². The third-order valence-electron chi connectivity index (χ3n) is 5.29. The Hall–Kier alpha value is -2.79. The maximum Gasteiger partial charge on any atom is 0.292 e. The number of hydrogen-bond donors (Lipinski definition) is 0. The van der Waals surface area contributed by atoms with Crippen LogP contribution in [0.1, 0.15) is 18.9 Å². The number of aryl methyl sites for hydroxylation is 1. The highest BCUT2D eigenvalue weighted by molar-refractivity contribution is 7.22. The highest BCUT2D eigenvalue weighted by Gasteiger charge is 2.30. The van der Waals surface area contributed by atoms with Gasteiger partial charge in [0.25, 0.3) is 6.02 Å². The van der Waals surface area contributed by atoms with E-state index in [1.807, 2.05) is 23.5 Å². The molecule has 148 valence electrons. The molecule has 1 saturated heterocycles. The van der Waals surface area contributed by atoms with Crippen LogP contribution in [0.3, 0.4) is 0 Å². The highest BCUT2D eigenvalue weighted by Crippen LogP contribution is 2.35. The van der Waals surface area contributed by atoms with Gasteiger partial charge in [0.2, 0.25) is 0 Å². The number of fused-ring (bicyclic) bond motifs is 2. The van der Waals surface area contributed by atoms with Gasteiger partial charge in [-0.1, -0.05) is 37.6 Å². The Kier molecular flexibility index (Phi) is 4.98. The fraction of sp³-hybridized carbons (Fsp3) is 0.292. The van der Waals surface area contributed by atoms with Crippen LogP contribution >= 0.6 is 11.3 Å². The molecule has 5 rings (SSSR count). The predicted octanol–water partition coefficient (Wildman–Crippen LogP) is 5.48. The molecule has 1 fully saturated rings. The number of benzene rings is 2. The van der Waals surface area contributed by atoms with E-state index in [0.29, 0.717) is 12.6 Å². The van der Waals surface area contributed by atoms with Crippen LogP contribution in [0.25, 0.3) is 20.5 Å². The van der Waals surface area contributed by atoms with Crippen molar-refractivity contribution in [3.63, 3.8) is 0 Å². The molecule has 1 aromatic heterocycles. The minimum absolute atomic E-state index is 0.0184. The zero-order chi connectivity index (χ0) is 19.6. The maximum atomic E-state index is 6.04. The van der Waals surface area contributed by atoms with Gasteiger partial charge in [-0.2, -0.15) is 0 Å². The smallest absolute Gasteiger partial charge is 0.292 e. The third kappa shape index (κ3) is 3.87. The van der Waals surface area contributed by atoms with Crippen LogP contribution in [0, 0.1) is 0 Å². The molecule has 3 aromatic rings. The lowest BCUT2D eigenvalue weighted by Gasteiger charge is -2.14. The molecule has 0 N–H and O–H groups in total. The lowest BCUT2D eigenvalue weighted by molar-refractivity contribution is 0.146. The Morgan fingerprint density at radius 2 is 2.07 bits per heavy atom. The fourth-order valence-electron chi connectivity index (χ4n) is 3.78. The van der Waals surface area contributed by atoms with Crippen LogP contribution in [0.15, 0.2) is 65.8 Å². The third-order valence-corrected chi connectivity index (χ3v) is 6.43. The monoisotopic (exact) mass is 404 g/mol. The van der Waals surface area contributed by atoms with Gasteiger partial charge in [0.05, 0.1) is 6.54 Å². The van der Waals surface area contributed by atoms with Gasteiger partial charge in [0, 0.05) is 22.3 Å². The average molecular weight is 405 g/mol.